The average Bonchev–Trinajstić information content (AvgIpc) is 2.66. The molecule has 1 nitrogen and oxygen atoms in total. The van der Waals surface area contributed by atoms with Gasteiger partial charge in [-0.15, -0.1) is 0 Å². The van der Waals surface area contributed by atoms with Gasteiger partial charge in [0.15, 0.2) is 0 Å². The van der Waals surface area contributed by atoms with E-state index in [0.29, 0.717) is 5.41 Å². The Hall–Kier alpha value is -0.820. The minimum Gasteiger partial charge on any atom is -0.317 e. The molecule has 2 atom stereocenters. The van der Waals surface area contributed by atoms with E-state index in [-0.39, 0.29) is 0 Å². The number of hydrogen-bond acceptors (Lipinski definition) is 1. The molecule has 100 valence electrons. The molecule has 0 radical (unpaired) electrons. The summed E-state index contributed by atoms with van der Waals surface area (Å²) in [6, 6.07) is 5.38. The van der Waals surface area contributed by atoms with Crippen LogP contribution in [0.3, 0.4) is 0 Å². The van der Waals surface area contributed by atoms with E-state index in [2.05, 4.69) is 52.2 Å². The molecular formula is C17H27N. The fourth-order valence-electron chi connectivity index (χ4n) is 3.64. The summed E-state index contributed by atoms with van der Waals surface area (Å²) in [4.78, 5) is 0. The third kappa shape index (κ3) is 2.77. The van der Waals surface area contributed by atoms with Crippen LogP contribution >= 0.6 is 0 Å². The second-order valence-electron chi connectivity index (χ2n) is 6.59. The number of benzene rings is 1. The first-order valence-corrected chi connectivity index (χ1v) is 7.17. The van der Waals surface area contributed by atoms with Gasteiger partial charge in [0.1, 0.15) is 0 Å². The van der Waals surface area contributed by atoms with Crippen LogP contribution in [0.1, 0.15) is 48.4 Å². The molecule has 0 saturated heterocycles. The van der Waals surface area contributed by atoms with Crippen LogP contribution in [0.25, 0.3) is 0 Å². The van der Waals surface area contributed by atoms with Crippen LogP contribution < -0.4 is 5.32 Å². The largest absolute Gasteiger partial charge is 0.317 e. The number of nitrogens with one attached hydrogen (secondary N) is 1. The molecule has 1 aromatic carbocycles. The molecule has 0 bridgehead atoms. The lowest BCUT2D eigenvalue weighted by Crippen LogP contribution is -2.25. The predicted molar refractivity (Wildman–Crippen MR) is 79.2 cm³/mol. The fraction of sp³-hybridized carbons (Fsp3) is 0.647. The molecule has 2 rings (SSSR count). The predicted octanol–water partition coefficient (Wildman–Crippen LogP) is 3.93. The summed E-state index contributed by atoms with van der Waals surface area (Å²) in [5.74, 6) is 0. The fourth-order valence-corrected chi connectivity index (χ4v) is 3.64. The van der Waals surface area contributed by atoms with Crippen LogP contribution in [0.4, 0.5) is 0 Å². The molecule has 18 heavy (non-hydrogen) atoms. The van der Waals surface area contributed by atoms with E-state index >= 15 is 0 Å². The Balaban J connectivity index is 2.20. The molecule has 0 heterocycles. The molecule has 1 aliphatic rings. The van der Waals surface area contributed by atoms with Crippen LogP contribution in [-0.4, -0.2) is 13.1 Å². The normalized spacial score (nSPS) is 27.7. The van der Waals surface area contributed by atoms with Crippen molar-refractivity contribution in [2.45, 2.75) is 59.4 Å². The quantitative estimate of drug-likeness (QED) is 0.850. The van der Waals surface area contributed by atoms with Gasteiger partial charge in [0.2, 0.25) is 0 Å². The zero-order valence-corrected chi connectivity index (χ0v) is 12.6. The monoisotopic (exact) mass is 245 g/mol. The standard InChI is InChI=1S/C17H27N/c1-12-8-13(2)16(14(3)9-12)11-17(4)7-6-15(10-17)18-5/h8-9,15,18H,6-7,10-11H2,1-5H3. The van der Waals surface area contributed by atoms with Gasteiger partial charge < -0.3 is 5.32 Å². The van der Waals surface area contributed by atoms with Crippen molar-refractivity contribution in [2.75, 3.05) is 7.05 Å². The summed E-state index contributed by atoms with van der Waals surface area (Å²) in [7, 11) is 2.10. The van der Waals surface area contributed by atoms with Crippen LogP contribution in [0.5, 0.6) is 0 Å². The Bertz CT molecular complexity index is 412. The van der Waals surface area contributed by atoms with E-state index in [0.717, 1.165) is 6.04 Å². The van der Waals surface area contributed by atoms with Crippen LogP contribution in [-0.2, 0) is 6.42 Å². The Kier molecular flexibility index (Phi) is 3.82. The van der Waals surface area contributed by atoms with Crippen LogP contribution in [0.2, 0.25) is 0 Å². The van der Waals surface area contributed by atoms with Crippen molar-refractivity contribution in [1.29, 1.82) is 0 Å². The molecule has 1 N–H and O–H groups in total. The van der Waals surface area contributed by atoms with Crippen molar-refractivity contribution >= 4 is 0 Å². The van der Waals surface area contributed by atoms with Crippen molar-refractivity contribution in [3.05, 3.63) is 34.4 Å². The molecule has 0 aromatic heterocycles. The zero-order chi connectivity index (χ0) is 13.3. The Morgan fingerprint density at radius 2 is 1.83 bits per heavy atom. The summed E-state index contributed by atoms with van der Waals surface area (Å²) in [5, 5.41) is 3.44. The molecule has 1 fully saturated rings. The third-order valence-corrected chi connectivity index (χ3v) is 4.69. The zero-order valence-electron chi connectivity index (χ0n) is 12.6. The molecule has 0 spiro atoms. The minimum absolute atomic E-state index is 0.485. The molecule has 1 heteroatoms. The van der Waals surface area contributed by atoms with Crippen molar-refractivity contribution in [1.82, 2.24) is 5.32 Å². The molecule has 1 aromatic rings. The van der Waals surface area contributed by atoms with Crippen molar-refractivity contribution in [3.8, 4) is 0 Å². The summed E-state index contributed by atoms with van der Waals surface area (Å²) < 4.78 is 0. The lowest BCUT2D eigenvalue weighted by Gasteiger charge is -2.26. The van der Waals surface area contributed by atoms with E-state index in [4.69, 9.17) is 0 Å². The SMILES string of the molecule is CNC1CCC(C)(Cc2c(C)cc(C)cc2C)C1. The first kappa shape index (κ1) is 13.6. The maximum absolute atomic E-state index is 3.44. The maximum Gasteiger partial charge on any atom is 0.00695 e. The van der Waals surface area contributed by atoms with Crippen LogP contribution in [0, 0.1) is 26.2 Å². The summed E-state index contributed by atoms with van der Waals surface area (Å²) in [5.41, 5.74) is 6.40. The second kappa shape index (κ2) is 5.05. The molecular weight excluding hydrogens is 218 g/mol. The molecule has 1 saturated carbocycles. The number of hydrogen-bond donors (Lipinski definition) is 1. The first-order chi connectivity index (χ1) is 8.43. The van der Waals surface area contributed by atoms with Crippen molar-refractivity contribution < 1.29 is 0 Å². The van der Waals surface area contributed by atoms with E-state index < -0.39 is 0 Å². The van der Waals surface area contributed by atoms with Gasteiger partial charge in [-0.2, -0.15) is 0 Å². The van der Waals surface area contributed by atoms with Crippen LogP contribution in [0.15, 0.2) is 12.1 Å². The Morgan fingerprint density at radius 3 is 2.33 bits per heavy atom. The number of rotatable bonds is 3. The topological polar surface area (TPSA) is 12.0 Å². The average molecular weight is 245 g/mol. The molecule has 2 unspecified atom stereocenters. The highest BCUT2D eigenvalue weighted by molar-refractivity contribution is 5.38. The van der Waals surface area contributed by atoms with Gasteiger partial charge in [0, 0.05) is 6.04 Å². The number of aryl methyl sites for hydroxylation is 3. The van der Waals surface area contributed by atoms with Crippen molar-refractivity contribution in [3.63, 3.8) is 0 Å². The minimum atomic E-state index is 0.485. The molecule has 0 aliphatic heterocycles. The van der Waals surface area contributed by atoms with E-state index in [1.165, 1.54) is 42.4 Å². The lowest BCUT2D eigenvalue weighted by molar-refractivity contribution is 0.323. The smallest absolute Gasteiger partial charge is 0.00695 e. The molecule has 0 amide bonds. The highest BCUT2D eigenvalue weighted by atomic mass is 14.9. The van der Waals surface area contributed by atoms with Gasteiger partial charge in [0.25, 0.3) is 0 Å². The maximum atomic E-state index is 3.44. The van der Waals surface area contributed by atoms with Gasteiger partial charge in [-0.05, 0) is 75.6 Å². The summed E-state index contributed by atoms with van der Waals surface area (Å²) >= 11 is 0. The summed E-state index contributed by atoms with van der Waals surface area (Å²) in [6.45, 7) is 9.19. The van der Waals surface area contributed by atoms with E-state index in [9.17, 15) is 0 Å². The third-order valence-electron chi connectivity index (χ3n) is 4.69. The highest BCUT2D eigenvalue weighted by Gasteiger charge is 2.34. The highest BCUT2D eigenvalue weighted by Crippen LogP contribution is 2.41. The van der Waals surface area contributed by atoms with E-state index in [1.54, 1.807) is 5.56 Å². The van der Waals surface area contributed by atoms with Crippen molar-refractivity contribution in [2.24, 2.45) is 5.41 Å². The van der Waals surface area contributed by atoms with Gasteiger partial charge in [-0.1, -0.05) is 24.6 Å². The van der Waals surface area contributed by atoms with Gasteiger partial charge in [-0.25, -0.2) is 0 Å². The van der Waals surface area contributed by atoms with E-state index in [1.807, 2.05) is 0 Å². The Labute approximate surface area is 112 Å². The summed E-state index contributed by atoms with van der Waals surface area (Å²) in [6.07, 6.45) is 5.24. The molecule has 1 aliphatic carbocycles. The van der Waals surface area contributed by atoms with Gasteiger partial charge in [0.05, 0.1) is 0 Å². The lowest BCUT2D eigenvalue weighted by atomic mass is 9.79. The van der Waals surface area contributed by atoms with Gasteiger partial charge >= 0.3 is 0 Å². The van der Waals surface area contributed by atoms with Gasteiger partial charge in [-0.3, -0.25) is 0 Å². The second-order valence-corrected chi connectivity index (χ2v) is 6.59. The first-order valence-electron chi connectivity index (χ1n) is 7.17. The Morgan fingerprint density at radius 1 is 1.22 bits per heavy atom.